The SMILES string of the molecule is COc1ccc(OC(=O)NC2CCCC2)cc1-c1cncc(-c2nncs2)c1. The summed E-state index contributed by atoms with van der Waals surface area (Å²) >= 11 is 1.45. The van der Waals surface area contributed by atoms with Crippen LogP contribution in [0.4, 0.5) is 4.79 Å². The summed E-state index contributed by atoms with van der Waals surface area (Å²) in [6.45, 7) is 0. The Kier molecular flexibility index (Phi) is 5.48. The molecule has 28 heavy (non-hydrogen) atoms. The molecule has 0 saturated heterocycles. The maximum absolute atomic E-state index is 12.2. The van der Waals surface area contributed by atoms with E-state index in [9.17, 15) is 4.79 Å². The number of nitrogens with one attached hydrogen (secondary N) is 1. The lowest BCUT2D eigenvalue weighted by atomic mass is 10.0. The van der Waals surface area contributed by atoms with Crippen LogP contribution < -0.4 is 14.8 Å². The van der Waals surface area contributed by atoms with E-state index in [1.165, 1.54) is 11.3 Å². The monoisotopic (exact) mass is 396 g/mol. The van der Waals surface area contributed by atoms with Gasteiger partial charge in [-0.2, -0.15) is 0 Å². The summed E-state index contributed by atoms with van der Waals surface area (Å²) in [7, 11) is 1.61. The molecule has 0 aliphatic heterocycles. The quantitative estimate of drug-likeness (QED) is 0.692. The number of aromatic nitrogens is 3. The van der Waals surface area contributed by atoms with E-state index < -0.39 is 6.09 Å². The van der Waals surface area contributed by atoms with Gasteiger partial charge in [-0.3, -0.25) is 4.98 Å². The molecular formula is C20H20N4O3S. The van der Waals surface area contributed by atoms with Crippen molar-refractivity contribution in [3.63, 3.8) is 0 Å². The molecule has 0 atom stereocenters. The van der Waals surface area contributed by atoms with Crippen LogP contribution in [0.3, 0.4) is 0 Å². The van der Waals surface area contributed by atoms with E-state index in [-0.39, 0.29) is 6.04 Å². The van der Waals surface area contributed by atoms with Crippen LogP contribution in [0.15, 0.2) is 42.2 Å². The van der Waals surface area contributed by atoms with E-state index in [0.717, 1.165) is 47.4 Å². The smallest absolute Gasteiger partial charge is 0.412 e. The van der Waals surface area contributed by atoms with Crippen LogP contribution in [0.1, 0.15) is 25.7 Å². The molecule has 8 heteroatoms. The summed E-state index contributed by atoms with van der Waals surface area (Å²) in [4.78, 5) is 16.5. The van der Waals surface area contributed by atoms with Crippen molar-refractivity contribution >= 4 is 17.4 Å². The lowest BCUT2D eigenvalue weighted by Gasteiger charge is -2.14. The minimum atomic E-state index is -0.427. The first kappa shape index (κ1) is 18.4. The second-order valence-corrected chi connectivity index (χ2v) is 7.42. The average Bonchev–Trinajstić information content (AvgIpc) is 3.42. The highest BCUT2D eigenvalue weighted by Gasteiger charge is 2.19. The topological polar surface area (TPSA) is 86.2 Å². The van der Waals surface area contributed by atoms with Gasteiger partial charge in [0.1, 0.15) is 22.0 Å². The summed E-state index contributed by atoms with van der Waals surface area (Å²) in [5, 5.41) is 11.7. The van der Waals surface area contributed by atoms with Crippen LogP contribution in [0, 0.1) is 0 Å². The zero-order valence-electron chi connectivity index (χ0n) is 15.4. The van der Waals surface area contributed by atoms with Crippen molar-refractivity contribution in [3.8, 4) is 33.2 Å². The molecule has 0 bridgehead atoms. The van der Waals surface area contributed by atoms with Crippen molar-refractivity contribution in [1.29, 1.82) is 0 Å². The molecule has 0 unspecified atom stereocenters. The number of carbonyl (C=O) groups excluding carboxylic acids is 1. The fourth-order valence-electron chi connectivity index (χ4n) is 3.35. The third-order valence-electron chi connectivity index (χ3n) is 4.71. The van der Waals surface area contributed by atoms with Gasteiger partial charge in [0.05, 0.1) is 7.11 Å². The maximum Gasteiger partial charge on any atom is 0.412 e. The lowest BCUT2D eigenvalue weighted by Crippen LogP contribution is -2.34. The van der Waals surface area contributed by atoms with Crippen LogP contribution >= 0.6 is 11.3 Å². The van der Waals surface area contributed by atoms with Crippen LogP contribution in [-0.2, 0) is 0 Å². The number of ether oxygens (including phenoxy) is 2. The molecule has 3 aromatic rings. The van der Waals surface area contributed by atoms with E-state index in [1.54, 1.807) is 43.2 Å². The molecule has 0 spiro atoms. The van der Waals surface area contributed by atoms with Crippen LogP contribution in [0.25, 0.3) is 21.7 Å². The van der Waals surface area contributed by atoms with Crippen LogP contribution in [0.5, 0.6) is 11.5 Å². The molecule has 1 aliphatic rings. The van der Waals surface area contributed by atoms with Crippen molar-refractivity contribution in [2.45, 2.75) is 31.7 Å². The van der Waals surface area contributed by atoms with Gasteiger partial charge in [-0.25, -0.2) is 4.79 Å². The second-order valence-electron chi connectivity index (χ2n) is 6.58. The van der Waals surface area contributed by atoms with E-state index in [2.05, 4.69) is 20.5 Å². The molecule has 1 amide bonds. The average molecular weight is 396 g/mol. The van der Waals surface area contributed by atoms with E-state index >= 15 is 0 Å². The van der Waals surface area contributed by atoms with Crippen molar-refractivity contribution in [1.82, 2.24) is 20.5 Å². The van der Waals surface area contributed by atoms with Gasteiger partial charge in [0.25, 0.3) is 0 Å². The van der Waals surface area contributed by atoms with Crippen LogP contribution in [0.2, 0.25) is 0 Å². The summed E-state index contributed by atoms with van der Waals surface area (Å²) < 4.78 is 11.0. The number of hydrogen-bond donors (Lipinski definition) is 1. The zero-order valence-corrected chi connectivity index (χ0v) is 16.2. The van der Waals surface area contributed by atoms with E-state index in [0.29, 0.717) is 11.5 Å². The highest BCUT2D eigenvalue weighted by Crippen LogP contribution is 2.35. The van der Waals surface area contributed by atoms with Gasteiger partial charge in [-0.05, 0) is 37.1 Å². The van der Waals surface area contributed by atoms with E-state index in [4.69, 9.17) is 9.47 Å². The largest absolute Gasteiger partial charge is 0.496 e. The van der Waals surface area contributed by atoms with Gasteiger partial charge >= 0.3 is 6.09 Å². The molecule has 1 aliphatic carbocycles. The van der Waals surface area contributed by atoms with Gasteiger partial charge in [-0.1, -0.05) is 24.2 Å². The maximum atomic E-state index is 12.2. The number of rotatable bonds is 5. The fourth-order valence-corrected chi connectivity index (χ4v) is 3.89. The number of pyridine rings is 1. The standard InChI is InChI=1S/C20H20N4O3S/c1-26-18-7-6-16(27-20(25)23-15-4-2-3-5-15)9-17(18)13-8-14(11-21-10-13)19-24-22-12-28-19/h6-12,15H,2-5H2,1H3,(H,23,25). The predicted molar refractivity (Wildman–Crippen MR) is 107 cm³/mol. The van der Waals surface area contributed by atoms with Crippen LogP contribution in [-0.4, -0.2) is 34.4 Å². The molecule has 1 N–H and O–H groups in total. The first-order valence-electron chi connectivity index (χ1n) is 9.11. The Morgan fingerprint density at radius 1 is 1.18 bits per heavy atom. The van der Waals surface area contributed by atoms with Crippen molar-refractivity contribution in [2.24, 2.45) is 0 Å². The Balaban J connectivity index is 1.58. The van der Waals surface area contributed by atoms with Crippen molar-refractivity contribution in [2.75, 3.05) is 7.11 Å². The molecule has 1 saturated carbocycles. The number of benzene rings is 1. The van der Waals surface area contributed by atoms with E-state index in [1.807, 2.05) is 6.07 Å². The Morgan fingerprint density at radius 2 is 2.00 bits per heavy atom. The van der Waals surface area contributed by atoms with Gasteiger partial charge in [0.2, 0.25) is 0 Å². The Labute approximate surface area is 166 Å². The van der Waals surface area contributed by atoms with Crippen molar-refractivity contribution in [3.05, 3.63) is 42.2 Å². The fraction of sp³-hybridized carbons (Fsp3) is 0.300. The first-order valence-corrected chi connectivity index (χ1v) is 9.99. The minimum absolute atomic E-state index is 0.206. The number of hydrogen-bond acceptors (Lipinski definition) is 7. The summed E-state index contributed by atoms with van der Waals surface area (Å²) in [5.41, 5.74) is 4.17. The van der Waals surface area contributed by atoms with Crippen molar-refractivity contribution < 1.29 is 14.3 Å². The normalized spacial score (nSPS) is 14.0. The predicted octanol–water partition coefficient (Wildman–Crippen LogP) is 4.31. The number of methoxy groups -OCH3 is 1. The number of carbonyl (C=O) groups is 1. The van der Waals surface area contributed by atoms with Gasteiger partial charge in [-0.15, -0.1) is 10.2 Å². The highest BCUT2D eigenvalue weighted by atomic mass is 32.1. The molecular weight excluding hydrogens is 376 g/mol. The number of amides is 1. The molecule has 1 fully saturated rings. The lowest BCUT2D eigenvalue weighted by molar-refractivity contribution is 0.196. The molecule has 0 radical (unpaired) electrons. The Morgan fingerprint density at radius 3 is 2.75 bits per heavy atom. The zero-order chi connectivity index (χ0) is 19.3. The summed E-state index contributed by atoms with van der Waals surface area (Å²) in [5.74, 6) is 1.12. The third kappa shape index (κ3) is 4.12. The minimum Gasteiger partial charge on any atom is -0.496 e. The third-order valence-corrected chi connectivity index (χ3v) is 5.46. The first-order chi connectivity index (χ1) is 13.7. The number of nitrogens with zero attached hydrogens (tertiary/aromatic N) is 3. The highest BCUT2D eigenvalue weighted by molar-refractivity contribution is 7.12. The summed E-state index contributed by atoms with van der Waals surface area (Å²) in [6.07, 6.45) is 7.37. The molecule has 1 aromatic carbocycles. The van der Waals surface area contributed by atoms with Gasteiger partial charge in [0, 0.05) is 35.1 Å². The second kappa shape index (κ2) is 8.35. The Bertz CT molecular complexity index is 956. The molecule has 2 heterocycles. The molecule has 2 aromatic heterocycles. The van der Waals surface area contributed by atoms with Gasteiger partial charge < -0.3 is 14.8 Å². The molecule has 144 valence electrons. The van der Waals surface area contributed by atoms with Gasteiger partial charge in [0.15, 0.2) is 0 Å². The Hall–Kier alpha value is -3.00. The summed E-state index contributed by atoms with van der Waals surface area (Å²) in [6, 6.07) is 7.46. The molecule has 7 nitrogen and oxygen atoms in total. The molecule has 4 rings (SSSR count).